The van der Waals surface area contributed by atoms with E-state index in [0.717, 1.165) is 35.5 Å². The summed E-state index contributed by atoms with van der Waals surface area (Å²) in [4.78, 5) is 18.1. The number of aliphatic imine (C=N–C) groups is 1. The molecular weight excluding hydrogens is 322 g/mol. The summed E-state index contributed by atoms with van der Waals surface area (Å²) in [7, 11) is 0. The van der Waals surface area contributed by atoms with Crippen LogP contribution in [0.5, 0.6) is 0 Å². The highest BCUT2D eigenvalue weighted by molar-refractivity contribution is 6.03. The molecule has 0 radical (unpaired) electrons. The second-order valence-corrected chi connectivity index (χ2v) is 6.86. The molecule has 0 spiro atoms. The average Bonchev–Trinajstić information content (AvgIpc) is 3.30. The van der Waals surface area contributed by atoms with Gasteiger partial charge in [0.15, 0.2) is 0 Å². The molecule has 4 heteroatoms. The van der Waals surface area contributed by atoms with Gasteiger partial charge in [-0.2, -0.15) is 0 Å². The number of nitrogens with zero attached hydrogens (tertiary/aromatic N) is 2. The molecule has 1 aromatic heterocycles. The smallest absolute Gasteiger partial charge is 0.280 e. The fourth-order valence-corrected chi connectivity index (χ4v) is 3.72. The van der Waals surface area contributed by atoms with E-state index in [2.05, 4.69) is 5.10 Å². The molecule has 4 nitrogen and oxygen atoms in total. The van der Waals surface area contributed by atoms with Crippen LogP contribution in [0.3, 0.4) is 0 Å². The second-order valence-electron chi connectivity index (χ2n) is 6.86. The molecule has 0 amide bonds. The quantitative estimate of drug-likeness (QED) is 0.691. The monoisotopic (exact) mass is 345 g/mol. The summed E-state index contributed by atoms with van der Waals surface area (Å²) in [5, 5.41) is 3.31. The van der Waals surface area contributed by atoms with Gasteiger partial charge < -0.3 is 0 Å². The highest BCUT2D eigenvalue weighted by Crippen LogP contribution is 2.24. The van der Waals surface area contributed by atoms with Crippen LogP contribution in [-0.2, 0) is 0 Å². The predicted molar refractivity (Wildman–Crippen MR) is 106 cm³/mol. The summed E-state index contributed by atoms with van der Waals surface area (Å²) in [6.07, 6.45) is 4.70. The van der Waals surface area contributed by atoms with Crippen molar-refractivity contribution in [2.45, 2.75) is 38.6 Å². The minimum Gasteiger partial charge on any atom is -0.290 e. The fourth-order valence-electron chi connectivity index (χ4n) is 3.72. The Morgan fingerprint density at radius 2 is 1.62 bits per heavy atom. The second kappa shape index (κ2) is 7.16. The minimum absolute atomic E-state index is 0.0469. The van der Waals surface area contributed by atoms with Gasteiger partial charge in [-0.3, -0.25) is 14.9 Å². The molecule has 0 atom stereocenters. The molecule has 1 aliphatic rings. The van der Waals surface area contributed by atoms with E-state index in [-0.39, 0.29) is 5.56 Å². The van der Waals surface area contributed by atoms with E-state index in [0.29, 0.717) is 11.6 Å². The van der Waals surface area contributed by atoms with Gasteiger partial charge in [0.05, 0.1) is 23.0 Å². The number of hydrogen-bond donors (Lipinski definition) is 1. The number of H-pyrrole nitrogens is 1. The Balaban J connectivity index is 1.88. The van der Waals surface area contributed by atoms with Crippen LogP contribution in [0.4, 0.5) is 0 Å². The van der Waals surface area contributed by atoms with Crippen molar-refractivity contribution in [1.29, 1.82) is 0 Å². The summed E-state index contributed by atoms with van der Waals surface area (Å²) in [5.41, 5.74) is 4.11. The third kappa shape index (κ3) is 3.15. The number of nitrogens with one attached hydrogen (secondary N) is 1. The Kier molecular flexibility index (Phi) is 4.57. The maximum atomic E-state index is 13.2. The molecule has 0 aliphatic heterocycles. The van der Waals surface area contributed by atoms with Gasteiger partial charge in [-0.15, -0.1) is 0 Å². The fraction of sp³-hybridized carbons (Fsp3) is 0.273. The van der Waals surface area contributed by atoms with Gasteiger partial charge in [-0.25, -0.2) is 4.68 Å². The lowest BCUT2D eigenvalue weighted by Gasteiger charge is -2.06. The highest BCUT2D eigenvalue weighted by Gasteiger charge is 2.21. The lowest BCUT2D eigenvalue weighted by Crippen LogP contribution is -2.20. The first kappa shape index (κ1) is 16.6. The van der Waals surface area contributed by atoms with E-state index >= 15 is 0 Å². The molecular formula is C22H23N3O. The van der Waals surface area contributed by atoms with Crippen molar-refractivity contribution in [1.82, 2.24) is 9.78 Å². The average molecular weight is 345 g/mol. The van der Waals surface area contributed by atoms with Gasteiger partial charge in [0.1, 0.15) is 0 Å². The topological polar surface area (TPSA) is 50.1 Å². The van der Waals surface area contributed by atoms with Gasteiger partial charge in [-0.1, -0.05) is 61.4 Å². The Hall–Kier alpha value is -2.88. The normalized spacial score (nSPS) is 15.5. The largest absolute Gasteiger partial charge is 0.290 e. The van der Waals surface area contributed by atoms with E-state index in [4.69, 9.17) is 4.99 Å². The van der Waals surface area contributed by atoms with E-state index < -0.39 is 0 Å². The maximum Gasteiger partial charge on any atom is 0.280 e. The third-order valence-electron chi connectivity index (χ3n) is 5.03. The van der Waals surface area contributed by atoms with Crippen molar-refractivity contribution < 1.29 is 0 Å². The molecule has 26 heavy (non-hydrogen) atoms. The van der Waals surface area contributed by atoms with E-state index in [1.807, 2.05) is 67.6 Å². The van der Waals surface area contributed by atoms with E-state index in [9.17, 15) is 4.79 Å². The predicted octanol–water partition coefficient (Wildman–Crippen LogP) is 4.58. The van der Waals surface area contributed by atoms with Crippen LogP contribution in [0.2, 0.25) is 0 Å². The first-order valence-electron chi connectivity index (χ1n) is 9.24. The van der Waals surface area contributed by atoms with Gasteiger partial charge in [-0.05, 0) is 31.9 Å². The summed E-state index contributed by atoms with van der Waals surface area (Å²) in [5.74, 6) is 0. The van der Waals surface area contributed by atoms with Gasteiger partial charge in [0.2, 0.25) is 0 Å². The van der Waals surface area contributed by atoms with Crippen molar-refractivity contribution >= 4 is 5.71 Å². The molecule has 0 saturated heterocycles. The lowest BCUT2D eigenvalue weighted by atomic mass is 10.0. The van der Waals surface area contributed by atoms with Crippen molar-refractivity contribution in [3.63, 3.8) is 0 Å². The number of aromatic nitrogens is 2. The molecule has 1 N–H and O–H groups in total. The van der Waals surface area contributed by atoms with Crippen molar-refractivity contribution in [3.05, 3.63) is 76.6 Å². The van der Waals surface area contributed by atoms with Crippen molar-refractivity contribution in [2.24, 2.45) is 4.99 Å². The third-order valence-corrected chi connectivity index (χ3v) is 5.03. The van der Waals surface area contributed by atoms with Gasteiger partial charge in [0, 0.05) is 11.3 Å². The number of para-hydroxylation sites is 1. The highest BCUT2D eigenvalue weighted by atomic mass is 16.1. The van der Waals surface area contributed by atoms with Crippen LogP contribution in [0.15, 0.2) is 70.5 Å². The molecule has 1 saturated carbocycles. The first-order valence-corrected chi connectivity index (χ1v) is 9.24. The number of aromatic amines is 1. The maximum absolute atomic E-state index is 13.2. The van der Waals surface area contributed by atoms with Crippen LogP contribution in [0.25, 0.3) is 16.9 Å². The molecule has 2 aromatic carbocycles. The van der Waals surface area contributed by atoms with Crippen LogP contribution < -0.4 is 5.56 Å². The van der Waals surface area contributed by atoms with Crippen molar-refractivity contribution in [2.75, 3.05) is 0 Å². The first-order chi connectivity index (χ1) is 12.7. The van der Waals surface area contributed by atoms with Crippen LogP contribution in [0.1, 0.15) is 38.2 Å². The Bertz CT molecular complexity index is 962. The number of hydrogen-bond acceptors (Lipinski definition) is 2. The zero-order valence-corrected chi connectivity index (χ0v) is 15.0. The standard InChI is InChI=1S/C22H23N3O/c1-16(23-18-12-8-9-13-18)20-21(17-10-4-2-5-11-17)24-25(22(20)26)19-14-6-3-7-15-19/h2-7,10-11,14-15,18,24H,8-9,12-13H2,1H3. The zero-order chi connectivity index (χ0) is 17.9. The number of benzene rings is 2. The molecule has 0 bridgehead atoms. The van der Waals surface area contributed by atoms with Gasteiger partial charge in [0.25, 0.3) is 5.56 Å². The summed E-state index contributed by atoms with van der Waals surface area (Å²) in [6, 6.07) is 20.0. The molecule has 0 unspecified atom stereocenters. The Morgan fingerprint density at radius 3 is 2.27 bits per heavy atom. The van der Waals surface area contributed by atoms with E-state index in [1.165, 1.54) is 12.8 Å². The Labute approximate surface area is 153 Å². The lowest BCUT2D eigenvalue weighted by molar-refractivity contribution is 0.706. The molecule has 4 rings (SSSR count). The summed E-state index contributed by atoms with van der Waals surface area (Å²) < 4.78 is 1.62. The van der Waals surface area contributed by atoms with Crippen molar-refractivity contribution in [3.8, 4) is 16.9 Å². The zero-order valence-electron chi connectivity index (χ0n) is 15.0. The molecule has 132 valence electrons. The van der Waals surface area contributed by atoms with Gasteiger partial charge >= 0.3 is 0 Å². The minimum atomic E-state index is -0.0469. The van der Waals surface area contributed by atoms with Crippen LogP contribution in [-0.4, -0.2) is 21.5 Å². The van der Waals surface area contributed by atoms with E-state index in [1.54, 1.807) is 4.68 Å². The molecule has 1 aliphatic carbocycles. The summed E-state index contributed by atoms with van der Waals surface area (Å²) in [6.45, 7) is 1.96. The SMILES string of the molecule is CC(=NC1CCCC1)c1c(-c2ccccc2)[nH]n(-c2ccccc2)c1=O. The molecule has 1 heterocycles. The molecule has 3 aromatic rings. The summed E-state index contributed by atoms with van der Waals surface area (Å²) >= 11 is 0. The van der Waals surface area contributed by atoms with Crippen LogP contribution >= 0.6 is 0 Å². The van der Waals surface area contributed by atoms with Crippen LogP contribution in [0, 0.1) is 0 Å². The number of rotatable bonds is 4. The Morgan fingerprint density at radius 1 is 1.00 bits per heavy atom. The molecule has 1 fully saturated rings.